The second-order valence-electron chi connectivity index (χ2n) is 8.39. The van der Waals surface area contributed by atoms with Gasteiger partial charge < -0.3 is 10.2 Å². The van der Waals surface area contributed by atoms with Crippen molar-refractivity contribution in [3.8, 4) is 0 Å². The second-order valence-corrected chi connectivity index (χ2v) is 10.2. The first-order valence-electron chi connectivity index (χ1n) is 11.5. The Morgan fingerprint density at radius 2 is 1.74 bits per heavy atom. The average Bonchev–Trinajstić information content (AvgIpc) is 3.01. The van der Waals surface area contributed by atoms with E-state index in [-0.39, 0.29) is 22.9 Å². The summed E-state index contributed by atoms with van der Waals surface area (Å²) in [4.78, 5) is 40.5. The maximum Gasteiger partial charge on any atom is 0.269 e. The maximum absolute atomic E-state index is 13.5. The van der Waals surface area contributed by atoms with E-state index in [0.29, 0.717) is 17.3 Å². The fourth-order valence-corrected chi connectivity index (χ4v) is 5.44. The Bertz CT molecular complexity index is 1160. The zero-order chi connectivity index (χ0) is 24.9. The molecule has 0 unspecified atom stereocenters. The summed E-state index contributed by atoms with van der Waals surface area (Å²) < 4.78 is 26.5. The predicted molar refractivity (Wildman–Crippen MR) is 128 cm³/mol. The number of benzene rings is 2. The number of rotatable bonds is 10. The van der Waals surface area contributed by atoms with Crippen molar-refractivity contribution in [1.29, 1.82) is 0 Å². The summed E-state index contributed by atoms with van der Waals surface area (Å²) in [5, 5.41) is 2.87. The topological polar surface area (TPSA) is 104 Å². The zero-order valence-electron chi connectivity index (χ0n) is 19.8. The molecule has 8 nitrogen and oxygen atoms in total. The van der Waals surface area contributed by atoms with Gasteiger partial charge in [-0.2, -0.15) is 0 Å². The van der Waals surface area contributed by atoms with Crippen LogP contribution in [0.5, 0.6) is 0 Å². The van der Waals surface area contributed by atoms with E-state index in [1.54, 1.807) is 13.0 Å². The largest absolute Gasteiger partial charge is 0.354 e. The molecule has 1 N–H and O–H groups in total. The van der Waals surface area contributed by atoms with Gasteiger partial charge in [-0.25, -0.2) is 12.7 Å². The van der Waals surface area contributed by atoms with E-state index < -0.39 is 34.4 Å². The van der Waals surface area contributed by atoms with Gasteiger partial charge in [0.2, 0.25) is 11.8 Å². The van der Waals surface area contributed by atoms with Gasteiger partial charge in [0.15, 0.2) is 0 Å². The molecule has 34 heavy (non-hydrogen) atoms. The number of fused-ring (bicyclic) bond motifs is 1. The third kappa shape index (κ3) is 5.30. The van der Waals surface area contributed by atoms with E-state index >= 15 is 0 Å². The minimum absolute atomic E-state index is 0.0461. The van der Waals surface area contributed by atoms with Gasteiger partial charge >= 0.3 is 0 Å². The van der Waals surface area contributed by atoms with Crippen molar-refractivity contribution in [1.82, 2.24) is 14.5 Å². The summed E-state index contributed by atoms with van der Waals surface area (Å²) in [7, 11) is -4.14. The van der Waals surface area contributed by atoms with Crippen molar-refractivity contribution in [3.63, 3.8) is 0 Å². The molecule has 1 heterocycles. The monoisotopic (exact) mass is 485 g/mol. The number of unbranched alkanes of at least 4 members (excludes halogenated alkanes) is 1. The minimum atomic E-state index is -4.14. The van der Waals surface area contributed by atoms with E-state index in [1.165, 1.54) is 23.1 Å². The second kappa shape index (κ2) is 10.8. The molecule has 0 bridgehead atoms. The molecule has 1 atom stereocenters. The molecule has 1 aliphatic heterocycles. The number of amides is 3. The normalized spacial score (nSPS) is 15.0. The van der Waals surface area contributed by atoms with Crippen LogP contribution in [0.3, 0.4) is 0 Å². The number of nitrogens with zero attached hydrogens (tertiary/aromatic N) is 2. The van der Waals surface area contributed by atoms with Gasteiger partial charge in [0, 0.05) is 13.1 Å². The van der Waals surface area contributed by atoms with E-state index in [0.717, 1.165) is 24.0 Å². The average molecular weight is 486 g/mol. The Hall–Kier alpha value is -3.20. The molecule has 9 heteroatoms. The zero-order valence-corrected chi connectivity index (χ0v) is 20.6. The van der Waals surface area contributed by atoms with E-state index in [1.807, 2.05) is 38.1 Å². The molecule has 2 aromatic rings. The van der Waals surface area contributed by atoms with Crippen molar-refractivity contribution in [2.45, 2.75) is 57.5 Å². The summed E-state index contributed by atoms with van der Waals surface area (Å²) in [6.07, 6.45) is 2.07. The summed E-state index contributed by atoms with van der Waals surface area (Å²) in [5.41, 5.74) is 1.90. The number of aryl methyl sites for hydroxylation is 1. The minimum Gasteiger partial charge on any atom is -0.354 e. The Morgan fingerprint density at radius 3 is 2.35 bits per heavy atom. The van der Waals surface area contributed by atoms with Crippen LogP contribution in [-0.2, 0) is 26.2 Å². The molecule has 3 rings (SSSR count). The molecule has 0 saturated heterocycles. The first-order valence-corrected chi connectivity index (χ1v) is 12.9. The van der Waals surface area contributed by atoms with Gasteiger partial charge in [-0.3, -0.25) is 14.4 Å². The van der Waals surface area contributed by atoms with Crippen LogP contribution in [0.1, 0.15) is 54.6 Å². The standard InChI is InChI=1S/C25H31N3O5S/c1-4-6-15-26-24(30)21(5-2)27(16-19-13-11-18(3)12-14-19)23(29)17-28-25(31)20-9-7-8-10-22(20)34(28,32)33/h7-14,21H,4-6,15-17H2,1-3H3,(H,26,30)/t21-/m1/s1. The molecule has 0 aromatic heterocycles. The quantitative estimate of drug-likeness (QED) is 0.521. The van der Waals surface area contributed by atoms with Crippen molar-refractivity contribution >= 4 is 27.7 Å². The lowest BCUT2D eigenvalue weighted by Gasteiger charge is -2.31. The Kier molecular flexibility index (Phi) is 8.09. The van der Waals surface area contributed by atoms with Gasteiger partial charge in [0.25, 0.3) is 15.9 Å². The SMILES string of the molecule is CCCCNC(=O)[C@@H](CC)N(Cc1ccc(C)cc1)C(=O)CN1C(=O)c2ccccc2S1(=O)=O. The van der Waals surface area contributed by atoms with Crippen LogP contribution in [-0.4, -0.2) is 54.5 Å². The highest BCUT2D eigenvalue weighted by molar-refractivity contribution is 7.90. The lowest BCUT2D eigenvalue weighted by Crippen LogP contribution is -2.52. The van der Waals surface area contributed by atoms with Crippen LogP contribution >= 0.6 is 0 Å². The number of nitrogens with one attached hydrogen (secondary N) is 1. The van der Waals surface area contributed by atoms with E-state index in [4.69, 9.17) is 0 Å². The first kappa shape index (κ1) is 25.4. The van der Waals surface area contributed by atoms with E-state index in [2.05, 4.69) is 5.32 Å². The molecule has 0 fully saturated rings. The number of carbonyl (C=O) groups excluding carboxylic acids is 3. The van der Waals surface area contributed by atoms with Crippen LogP contribution in [0.25, 0.3) is 0 Å². The van der Waals surface area contributed by atoms with Crippen molar-refractivity contribution < 1.29 is 22.8 Å². The maximum atomic E-state index is 13.5. The summed E-state index contributed by atoms with van der Waals surface area (Å²) in [6, 6.07) is 12.6. The molecule has 0 aliphatic carbocycles. The summed E-state index contributed by atoms with van der Waals surface area (Å²) in [6.45, 7) is 5.71. The predicted octanol–water partition coefficient (Wildman–Crippen LogP) is 2.86. The third-order valence-electron chi connectivity index (χ3n) is 5.88. The Morgan fingerprint density at radius 1 is 1.06 bits per heavy atom. The molecule has 182 valence electrons. The van der Waals surface area contributed by atoms with Gasteiger partial charge in [0.05, 0.1) is 5.56 Å². The molecule has 3 amide bonds. The summed E-state index contributed by atoms with van der Waals surface area (Å²) >= 11 is 0. The highest BCUT2D eigenvalue weighted by atomic mass is 32.2. The third-order valence-corrected chi connectivity index (χ3v) is 7.67. The molecular formula is C25H31N3O5S. The fraction of sp³-hybridized carbons (Fsp3) is 0.400. The number of carbonyl (C=O) groups is 3. The molecule has 0 radical (unpaired) electrons. The number of sulfonamides is 1. The fourth-order valence-electron chi connectivity index (χ4n) is 3.92. The lowest BCUT2D eigenvalue weighted by molar-refractivity contribution is -0.141. The summed E-state index contributed by atoms with van der Waals surface area (Å²) in [5.74, 6) is -1.64. The number of hydrogen-bond donors (Lipinski definition) is 1. The lowest BCUT2D eigenvalue weighted by atomic mass is 10.1. The van der Waals surface area contributed by atoms with Crippen molar-refractivity contribution in [3.05, 3.63) is 65.2 Å². The van der Waals surface area contributed by atoms with Crippen molar-refractivity contribution in [2.24, 2.45) is 0 Å². The van der Waals surface area contributed by atoms with Crippen molar-refractivity contribution in [2.75, 3.05) is 13.1 Å². The van der Waals surface area contributed by atoms with Crippen LogP contribution in [0, 0.1) is 6.92 Å². The van der Waals surface area contributed by atoms with Crippen LogP contribution in [0.15, 0.2) is 53.4 Å². The highest BCUT2D eigenvalue weighted by Crippen LogP contribution is 2.30. The molecule has 2 aromatic carbocycles. The highest BCUT2D eigenvalue weighted by Gasteiger charge is 2.43. The molecule has 1 aliphatic rings. The molecule has 0 spiro atoms. The van der Waals surface area contributed by atoms with Gasteiger partial charge in [-0.15, -0.1) is 0 Å². The number of hydrogen-bond acceptors (Lipinski definition) is 5. The molecule has 0 saturated carbocycles. The van der Waals surface area contributed by atoms with Crippen LogP contribution in [0.2, 0.25) is 0 Å². The van der Waals surface area contributed by atoms with E-state index in [9.17, 15) is 22.8 Å². The van der Waals surface area contributed by atoms with Crippen LogP contribution < -0.4 is 5.32 Å². The van der Waals surface area contributed by atoms with Gasteiger partial charge in [-0.05, 0) is 37.5 Å². The van der Waals surface area contributed by atoms with Gasteiger partial charge in [-0.1, -0.05) is 62.2 Å². The Labute approximate surface area is 201 Å². The Balaban J connectivity index is 1.89. The van der Waals surface area contributed by atoms with Gasteiger partial charge in [0.1, 0.15) is 17.5 Å². The van der Waals surface area contributed by atoms with Crippen LogP contribution in [0.4, 0.5) is 0 Å². The molecular weight excluding hydrogens is 454 g/mol. The first-order chi connectivity index (χ1) is 16.2. The smallest absolute Gasteiger partial charge is 0.269 e.